The molecule has 2 aromatic carbocycles. The van der Waals surface area contributed by atoms with Crippen LogP contribution in [0.1, 0.15) is 43.4 Å². The molecule has 5 heteroatoms. The van der Waals surface area contributed by atoms with E-state index >= 15 is 0 Å². The van der Waals surface area contributed by atoms with Crippen molar-refractivity contribution in [3.8, 4) is 17.2 Å². The SMILES string of the molecule is COc1ccc(CNC(=O)[C@@H](C)Oc2cc(C)ccc2C(C)C)cc1OC. The van der Waals surface area contributed by atoms with Gasteiger partial charge in [0.1, 0.15) is 5.75 Å². The minimum atomic E-state index is -0.593. The Bertz CT molecular complexity index is 786. The van der Waals surface area contributed by atoms with Crippen LogP contribution in [0, 0.1) is 6.92 Å². The smallest absolute Gasteiger partial charge is 0.261 e. The Balaban J connectivity index is 2.01. The molecule has 0 fully saturated rings. The summed E-state index contributed by atoms with van der Waals surface area (Å²) in [5.74, 6) is 2.21. The lowest BCUT2D eigenvalue weighted by Crippen LogP contribution is -2.36. The van der Waals surface area contributed by atoms with E-state index in [-0.39, 0.29) is 5.91 Å². The van der Waals surface area contributed by atoms with Crippen LogP contribution in [0.4, 0.5) is 0 Å². The van der Waals surface area contributed by atoms with Gasteiger partial charge in [-0.3, -0.25) is 4.79 Å². The van der Waals surface area contributed by atoms with Crippen molar-refractivity contribution in [1.29, 1.82) is 0 Å². The molecule has 0 radical (unpaired) electrons. The number of methoxy groups -OCH3 is 2. The lowest BCUT2D eigenvalue weighted by atomic mass is 10.0. The van der Waals surface area contributed by atoms with Gasteiger partial charge in [0.2, 0.25) is 0 Å². The number of rotatable bonds is 8. The normalized spacial score (nSPS) is 11.8. The molecule has 1 atom stereocenters. The van der Waals surface area contributed by atoms with Crippen LogP contribution in [-0.2, 0) is 11.3 Å². The molecule has 1 amide bonds. The van der Waals surface area contributed by atoms with Crippen LogP contribution in [0.2, 0.25) is 0 Å². The molecule has 0 aromatic heterocycles. The molecule has 0 saturated heterocycles. The molecular formula is C22H29NO4. The largest absolute Gasteiger partial charge is 0.493 e. The number of benzene rings is 2. The molecular weight excluding hydrogens is 342 g/mol. The van der Waals surface area contributed by atoms with Crippen LogP contribution in [0.3, 0.4) is 0 Å². The first-order valence-corrected chi connectivity index (χ1v) is 9.11. The van der Waals surface area contributed by atoms with Crippen molar-refractivity contribution in [2.24, 2.45) is 0 Å². The van der Waals surface area contributed by atoms with E-state index in [1.807, 2.05) is 31.2 Å². The van der Waals surface area contributed by atoms with Crippen LogP contribution in [-0.4, -0.2) is 26.2 Å². The van der Waals surface area contributed by atoms with E-state index in [0.717, 1.165) is 22.4 Å². The van der Waals surface area contributed by atoms with Crippen molar-refractivity contribution in [3.05, 3.63) is 53.1 Å². The number of carbonyl (C=O) groups is 1. The first kappa shape index (κ1) is 20.6. The minimum absolute atomic E-state index is 0.166. The Morgan fingerprint density at radius 2 is 1.67 bits per heavy atom. The third-order valence-electron chi connectivity index (χ3n) is 4.38. The summed E-state index contributed by atoms with van der Waals surface area (Å²) in [4.78, 5) is 12.5. The molecule has 2 rings (SSSR count). The van der Waals surface area contributed by atoms with Crippen LogP contribution in [0.25, 0.3) is 0 Å². The number of nitrogens with one attached hydrogen (secondary N) is 1. The summed E-state index contributed by atoms with van der Waals surface area (Å²) >= 11 is 0. The first-order chi connectivity index (χ1) is 12.8. The Labute approximate surface area is 161 Å². The predicted molar refractivity (Wildman–Crippen MR) is 107 cm³/mol. The molecule has 146 valence electrons. The summed E-state index contributed by atoms with van der Waals surface area (Å²) < 4.78 is 16.5. The maximum Gasteiger partial charge on any atom is 0.261 e. The highest BCUT2D eigenvalue weighted by Crippen LogP contribution is 2.29. The molecule has 5 nitrogen and oxygen atoms in total. The number of hydrogen-bond donors (Lipinski definition) is 1. The Morgan fingerprint density at radius 1 is 0.963 bits per heavy atom. The molecule has 0 spiro atoms. The second-order valence-electron chi connectivity index (χ2n) is 6.86. The summed E-state index contributed by atoms with van der Waals surface area (Å²) in [6.45, 7) is 8.38. The quantitative estimate of drug-likeness (QED) is 0.755. The van der Waals surface area contributed by atoms with Gasteiger partial charge in [0.05, 0.1) is 14.2 Å². The van der Waals surface area contributed by atoms with Gasteiger partial charge < -0.3 is 19.5 Å². The summed E-state index contributed by atoms with van der Waals surface area (Å²) in [6.07, 6.45) is -0.593. The lowest BCUT2D eigenvalue weighted by molar-refractivity contribution is -0.127. The van der Waals surface area contributed by atoms with E-state index in [1.165, 1.54) is 0 Å². The molecule has 0 aliphatic rings. The molecule has 2 aromatic rings. The minimum Gasteiger partial charge on any atom is -0.493 e. The van der Waals surface area contributed by atoms with Gasteiger partial charge in [-0.15, -0.1) is 0 Å². The van der Waals surface area contributed by atoms with Crippen molar-refractivity contribution >= 4 is 5.91 Å². The average Bonchev–Trinajstić information content (AvgIpc) is 2.65. The van der Waals surface area contributed by atoms with Crippen molar-refractivity contribution in [2.45, 2.75) is 46.3 Å². The summed E-state index contributed by atoms with van der Waals surface area (Å²) in [5, 5.41) is 2.91. The zero-order chi connectivity index (χ0) is 20.0. The number of aryl methyl sites for hydroxylation is 1. The van der Waals surface area contributed by atoms with Gasteiger partial charge in [-0.2, -0.15) is 0 Å². The maximum atomic E-state index is 12.5. The summed E-state index contributed by atoms with van der Waals surface area (Å²) in [6, 6.07) is 11.7. The maximum absolute atomic E-state index is 12.5. The predicted octanol–water partition coefficient (Wildman–Crippen LogP) is 4.22. The van der Waals surface area contributed by atoms with Gasteiger partial charge in [-0.05, 0) is 54.7 Å². The fourth-order valence-corrected chi connectivity index (χ4v) is 2.79. The highest BCUT2D eigenvalue weighted by molar-refractivity contribution is 5.80. The van der Waals surface area contributed by atoms with Crippen molar-refractivity contribution in [1.82, 2.24) is 5.32 Å². The fourth-order valence-electron chi connectivity index (χ4n) is 2.79. The zero-order valence-electron chi connectivity index (χ0n) is 17.0. The van der Waals surface area contributed by atoms with Crippen molar-refractivity contribution in [3.63, 3.8) is 0 Å². The van der Waals surface area contributed by atoms with Crippen molar-refractivity contribution in [2.75, 3.05) is 14.2 Å². The van der Waals surface area contributed by atoms with Gasteiger partial charge in [0.25, 0.3) is 5.91 Å². The Morgan fingerprint density at radius 3 is 2.30 bits per heavy atom. The monoisotopic (exact) mass is 371 g/mol. The molecule has 0 saturated carbocycles. The lowest BCUT2D eigenvalue weighted by Gasteiger charge is -2.19. The van der Waals surface area contributed by atoms with Crippen LogP contribution in [0.15, 0.2) is 36.4 Å². The highest BCUT2D eigenvalue weighted by atomic mass is 16.5. The number of hydrogen-bond acceptors (Lipinski definition) is 4. The average molecular weight is 371 g/mol. The van der Waals surface area contributed by atoms with E-state index in [1.54, 1.807) is 21.1 Å². The standard InChI is InChI=1S/C22H29NO4/c1-14(2)18-9-7-15(3)11-20(18)27-16(4)22(24)23-13-17-8-10-19(25-5)21(12-17)26-6/h7-12,14,16H,13H2,1-6H3,(H,23,24)/t16-/m1/s1. The summed E-state index contributed by atoms with van der Waals surface area (Å²) in [7, 11) is 3.18. The molecule has 0 heterocycles. The third kappa shape index (κ3) is 5.39. The van der Waals surface area contributed by atoms with Gasteiger partial charge >= 0.3 is 0 Å². The van der Waals surface area contributed by atoms with E-state index in [9.17, 15) is 4.79 Å². The summed E-state index contributed by atoms with van der Waals surface area (Å²) in [5.41, 5.74) is 3.12. The number of ether oxygens (including phenoxy) is 3. The number of carbonyl (C=O) groups excluding carboxylic acids is 1. The molecule has 0 unspecified atom stereocenters. The van der Waals surface area contributed by atoms with Gasteiger partial charge in [-0.1, -0.05) is 32.0 Å². The molecule has 0 bridgehead atoms. The zero-order valence-corrected chi connectivity index (χ0v) is 17.0. The fraction of sp³-hybridized carbons (Fsp3) is 0.409. The third-order valence-corrected chi connectivity index (χ3v) is 4.38. The van der Waals surface area contributed by atoms with E-state index in [0.29, 0.717) is 24.0 Å². The number of amides is 1. The topological polar surface area (TPSA) is 56.8 Å². The van der Waals surface area contributed by atoms with Gasteiger partial charge in [0, 0.05) is 6.54 Å². The van der Waals surface area contributed by atoms with Gasteiger partial charge in [-0.25, -0.2) is 0 Å². The van der Waals surface area contributed by atoms with Gasteiger partial charge in [0.15, 0.2) is 17.6 Å². The highest BCUT2D eigenvalue weighted by Gasteiger charge is 2.17. The Kier molecular flexibility index (Phi) is 7.11. The Hall–Kier alpha value is -2.69. The molecule has 1 N–H and O–H groups in total. The second-order valence-corrected chi connectivity index (χ2v) is 6.86. The molecule has 0 aliphatic carbocycles. The molecule has 0 aliphatic heterocycles. The van der Waals surface area contributed by atoms with Crippen molar-refractivity contribution < 1.29 is 19.0 Å². The van der Waals surface area contributed by atoms with Crippen LogP contribution < -0.4 is 19.5 Å². The van der Waals surface area contributed by atoms with E-state index < -0.39 is 6.10 Å². The van der Waals surface area contributed by atoms with E-state index in [4.69, 9.17) is 14.2 Å². The first-order valence-electron chi connectivity index (χ1n) is 9.11. The van der Waals surface area contributed by atoms with Crippen LogP contribution in [0.5, 0.6) is 17.2 Å². The van der Waals surface area contributed by atoms with Crippen LogP contribution >= 0.6 is 0 Å². The van der Waals surface area contributed by atoms with E-state index in [2.05, 4.69) is 31.3 Å². The second kappa shape index (κ2) is 9.31. The molecule has 27 heavy (non-hydrogen) atoms.